The molecule has 27 heavy (non-hydrogen) atoms. The van der Waals surface area contributed by atoms with Gasteiger partial charge in [-0.2, -0.15) is 5.10 Å². The smallest absolute Gasteiger partial charge is 0.325 e. The van der Waals surface area contributed by atoms with Crippen molar-refractivity contribution in [3.63, 3.8) is 0 Å². The second-order valence-electron chi connectivity index (χ2n) is 6.73. The van der Waals surface area contributed by atoms with Crippen LogP contribution in [-0.2, 0) is 11.3 Å². The molecular weight excluding hydrogens is 348 g/mol. The molecule has 1 atom stereocenters. The number of carboxylic acids is 1. The lowest BCUT2D eigenvalue weighted by atomic mass is 9.95. The molecule has 0 aliphatic carbocycles. The van der Waals surface area contributed by atoms with Gasteiger partial charge in [0, 0.05) is 30.9 Å². The monoisotopic (exact) mass is 372 g/mol. The number of likely N-dealkylation sites (tertiary alicyclic amines) is 1. The molecule has 3 rings (SSSR count). The fourth-order valence-corrected chi connectivity index (χ4v) is 3.32. The fraction of sp³-hybridized carbons (Fsp3) is 0.421. The highest BCUT2D eigenvalue weighted by atomic mass is 16.5. The number of hydrogen-bond acceptors (Lipinski definition) is 4. The summed E-state index contributed by atoms with van der Waals surface area (Å²) in [6.45, 7) is 3.01. The van der Waals surface area contributed by atoms with E-state index in [1.165, 1.54) is 4.68 Å². The molecule has 0 spiro atoms. The van der Waals surface area contributed by atoms with Gasteiger partial charge >= 0.3 is 12.0 Å². The van der Waals surface area contributed by atoms with Crippen LogP contribution in [0, 0.1) is 6.92 Å². The number of carbonyl (C=O) groups is 2. The standard InChI is InChI=1S/C19H24N4O4/c1-13-10-15(27-2)5-6-16(13)20-19(26)22-8-3-4-14(11-22)17-7-9-23(21-17)12-18(24)25/h5-7,9-10,14H,3-4,8,11-12H2,1-2H3,(H,20,26)(H,24,25)/t14-/m1/s1. The highest BCUT2D eigenvalue weighted by molar-refractivity contribution is 5.90. The van der Waals surface area contributed by atoms with Crippen molar-refractivity contribution in [2.45, 2.75) is 32.2 Å². The van der Waals surface area contributed by atoms with Crippen LogP contribution in [0.1, 0.15) is 30.0 Å². The van der Waals surface area contributed by atoms with Crippen molar-refractivity contribution >= 4 is 17.7 Å². The molecule has 2 amide bonds. The summed E-state index contributed by atoms with van der Waals surface area (Å²) in [6.07, 6.45) is 3.48. The lowest BCUT2D eigenvalue weighted by molar-refractivity contribution is -0.137. The quantitative estimate of drug-likeness (QED) is 0.841. The third-order valence-corrected chi connectivity index (χ3v) is 4.76. The molecule has 0 unspecified atom stereocenters. The summed E-state index contributed by atoms with van der Waals surface area (Å²) in [4.78, 5) is 25.3. The number of nitrogens with zero attached hydrogens (tertiary/aromatic N) is 3. The predicted octanol–water partition coefficient (Wildman–Crippen LogP) is 2.70. The Bertz CT molecular complexity index is 833. The summed E-state index contributed by atoms with van der Waals surface area (Å²) >= 11 is 0. The Morgan fingerprint density at radius 3 is 2.89 bits per heavy atom. The second kappa shape index (κ2) is 8.11. The second-order valence-corrected chi connectivity index (χ2v) is 6.73. The Morgan fingerprint density at radius 2 is 2.19 bits per heavy atom. The number of rotatable bonds is 5. The number of nitrogens with one attached hydrogen (secondary N) is 1. The minimum Gasteiger partial charge on any atom is -0.497 e. The number of aryl methyl sites for hydroxylation is 1. The first-order chi connectivity index (χ1) is 13.0. The highest BCUT2D eigenvalue weighted by Gasteiger charge is 2.26. The minimum atomic E-state index is -0.927. The number of aromatic nitrogens is 2. The summed E-state index contributed by atoms with van der Waals surface area (Å²) in [7, 11) is 1.61. The van der Waals surface area contributed by atoms with Gasteiger partial charge in [0.25, 0.3) is 0 Å². The van der Waals surface area contributed by atoms with Crippen LogP contribution in [-0.4, -0.2) is 52.0 Å². The van der Waals surface area contributed by atoms with Crippen molar-refractivity contribution in [2.24, 2.45) is 0 Å². The average Bonchev–Trinajstić information content (AvgIpc) is 3.11. The molecule has 0 saturated carbocycles. The molecule has 1 aromatic carbocycles. The Morgan fingerprint density at radius 1 is 1.37 bits per heavy atom. The Balaban J connectivity index is 1.64. The molecule has 2 heterocycles. The van der Waals surface area contributed by atoms with Crippen LogP contribution < -0.4 is 10.1 Å². The Labute approximate surface area is 157 Å². The summed E-state index contributed by atoms with van der Waals surface area (Å²) in [5.74, 6) is -0.0684. The van der Waals surface area contributed by atoms with Gasteiger partial charge in [-0.25, -0.2) is 4.79 Å². The zero-order valence-electron chi connectivity index (χ0n) is 15.5. The van der Waals surface area contributed by atoms with E-state index in [1.54, 1.807) is 18.2 Å². The first kappa shape index (κ1) is 18.8. The van der Waals surface area contributed by atoms with Crippen molar-refractivity contribution in [1.82, 2.24) is 14.7 Å². The van der Waals surface area contributed by atoms with Crippen LogP contribution in [0.25, 0.3) is 0 Å². The number of amides is 2. The third-order valence-electron chi connectivity index (χ3n) is 4.76. The molecule has 1 aromatic heterocycles. The zero-order chi connectivity index (χ0) is 19.4. The number of ether oxygens (including phenoxy) is 1. The normalized spacial score (nSPS) is 16.8. The van der Waals surface area contributed by atoms with Crippen LogP contribution in [0.3, 0.4) is 0 Å². The van der Waals surface area contributed by atoms with E-state index in [-0.39, 0.29) is 18.5 Å². The first-order valence-electron chi connectivity index (χ1n) is 8.92. The Kier molecular flexibility index (Phi) is 5.63. The molecule has 144 valence electrons. The summed E-state index contributed by atoms with van der Waals surface area (Å²) in [6, 6.07) is 7.22. The molecule has 2 aromatic rings. The number of aliphatic carboxylic acids is 1. The van der Waals surface area contributed by atoms with Gasteiger partial charge in [-0.3, -0.25) is 9.48 Å². The summed E-state index contributed by atoms with van der Waals surface area (Å²) < 4.78 is 6.61. The fourth-order valence-electron chi connectivity index (χ4n) is 3.32. The molecular formula is C19H24N4O4. The van der Waals surface area contributed by atoms with Gasteiger partial charge < -0.3 is 20.1 Å². The van der Waals surface area contributed by atoms with Crippen molar-refractivity contribution < 1.29 is 19.4 Å². The predicted molar refractivity (Wildman–Crippen MR) is 100 cm³/mol. The number of methoxy groups -OCH3 is 1. The highest BCUT2D eigenvalue weighted by Crippen LogP contribution is 2.27. The molecule has 1 fully saturated rings. The average molecular weight is 372 g/mol. The minimum absolute atomic E-state index is 0.108. The van der Waals surface area contributed by atoms with Crippen LogP contribution in [0.5, 0.6) is 5.75 Å². The number of carbonyl (C=O) groups excluding carboxylic acids is 1. The van der Waals surface area contributed by atoms with E-state index in [1.807, 2.05) is 31.2 Å². The van der Waals surface area contributed by atoms with Crippen molar-refractivity contribution in [3.8, 4) is 5.75 Å². The summed E-state index contributed by atoms with van der Waals surface area (Å²) in [5.41, 5.74) is 2.52. The largest absolute Gasteiger partial charge is 0.497 e. The molecule has 1 aliphatic heterocycles. The maximum Gasteiger partial charge on any atom is 0.325 e. The maximum absolute atomic E-state index is 12.7. The molecule has 0 bridgehead atoms. The Hall–Kier alpha value is -3.03. The van der Waals surface area contributed by atoms with Crippen molar-refractivity contribution in [3.05, 3.63) is 41.7 Å². The van der Waals surface area contributed by atoms with Crippen molar-refractivity contribution in [1.29, 1.82) is 0 Å². The lowest BCUT2D eigenvalue weighted by Gasteiger charge is -2.32. The first-order valence-corrected chi connectivity index (χ1v) is 8.92. The van der Waals surface area contributed by atoms with Crippen LogP contribution in [0.4, 0.5) is 10.5 Å². The van der Waals surface area contributed by atoms with E-state index in [9.17, 15) is 9.59 Å². The topological polar surface area (TPSA) is 96.7 Å². The van der Waals surface area contributed by atoms with Gasteiger partial charge in [0.15, 0.2) is 0 Å². The van der Waals surface area contributed by atoms with Gasteiger partial charge in [0.1, 0.15) is 12.3 Å². The maximum atomic E-state index is 12.7. The van der Waals surface area contributed by atoms with E-state index >= 15 is 0 Å². The molecule has 1 saturated heterocycles. The van der Waals surface area contributed by atoms with Gasteiger partial charge in [-0.1, -0.05) is 0 Å². The summed E-state index contributed by atoms with van der Waals surface area (Å²) in [5, 5.41) is 16.2. The van der Waals surface area contributed by atoms with Crippen LogP contribution in [0.2, 0.25) is 0 Å². The van der Waals surface area contributed by atoms with Gasteiger partial charge in [0.05, 0.1) is 12.8 Å². The molecule has 2 N–H and O–H groups in total. The number of hydrogen-bond donors (Lipinski definition) is 2. The molecule has 0 radical (unpaired) electrons. The van der Waals surface area contributed by atoms with Gasteiger partial charge in [-0.15, -0.1) is 0 Å². The van der Waals surface area contributed by atoms with Gasteiger partial charge in [0.2, 0.25) is 0 Å². The van der Waals surface area contributed by atoms with Crippen LogP contribution in [0.15, 0.2) is 30.5 Å². The van der Waals surface area contributed by atoms with E-state index in [2.05, 4.69) is 10.4 Å². The number of benzene rings is 1. The van der Waals surface area contributed by atoms with E-state index in [0.717, 1.165) is 35.5 Å². The number of carboxylic acid groups (broad SMARTS) is 1. The van der Waals surface area contributed by atoms with Gasteiger partial charge in [-0.05, 0) is 49.6 Å². The third kappa shape index (κ3) is 4.58. The van der Waals surface area contributed by atoms with E-state index in [0.29, 0.717) is 13.1 Å². The van der Waals surface area contributed by atoms with E-state index in [4.69, 9.17) is 9.84 Å². The molecule has 1 aliphatic rings. The molecule has 8 nitrogen and oxygen atoms in total. The van der Waals surface area contributed by atoms with Crippen molar-refractivity contribution in [2.75, 3.05) is 25.5 Å². The number of urea groups is 1. The van der Waals surface area contributed by atoms with Crippen LogP contribution >= 0.6 is 0 Å². The molecule has 8 heteroatoms. The number of piperidine rings is 1. The lowest BCUT2D eigenvalue weighted by Crippen LogP contribution is -2.41. The van der Waals surface area contributed by atoms with E-state index < -0.39 is 5.97 Å². The number of anilines is 1. The SMILES string of the molecule is COc1ccc(NC(=O)N2CCC[C@@H](c3ccn(CC(=O)O)n3)C2)c(C)c1. The zero-order valence-corrected chi connectivity index (χ0v) is 15.5.